The Hall–Kier alpha value is -0.650. The maximum absolute atomic E-state index is 12.1. The van der Waals surface area contributed by atoms with Gasteiger partial charge in [-0.2, -0.15) is 0 Å². The van der Waals surface area contributed by atoms with E-state index >= 15 is 0 Å². The topological polar surface area (TPSA) is 67.6 Å². The molecule has 1 aliphatic rings. The van der Waals surface area contributed by atoms with Gasteiger partial charge in [-0.05, 0) is 33.7 Å². The van der Waals surface area contributed by atoms with E-state index < -0.39 is 0 Å². The lowest BCUT2D eigenvalue weighted by atomic mass is 10.1. The zero-order chi connectivity index (χ0) is 12.8. The van der Waals surface area contributed by atoms with E-state index in [9.17, 15) is 4.79 Å². The number of hydrogen-bond acceptors (Lipinski definition) is 4. The zero-order valence-corrected chi connectivity index (χ0v) is 11.1. The molecule has 3 N–H and O–H groups in total. The second-order valence-electron chi connectivity index (χ2n) is 4.92. The van der Waals surface area contributed by atoms with Gasteiger partial charge in [0.05, 0.1) is 13.2 Å². The summed E-state index contributed by atoms with van der Waals surface area (Å²) in [6.07, 6.45) is 0.908. The fourth-order valence-corrected chi connectivity index (χ4v) is 2.16. The summed E-state index contributed by atoms with van der Waals surface area (Å²) in [7, 11) is 0. The van der Waals surface area contributed by atoms with Crippen molar-refractivity contribution in [2.75, 3.05) is 26.3 Å². The first kappa shape index (κ1) is 14.4. The summed E-state index contributed by atoms with van der Waals surface area (Å²) in [5.41, 5.74) is 5.58. The third-order valence-electron chi connectivity index (χ3n) is 3.05. The van der Waals surface area contributed by atoms with Crippen LogP contribution in [-0.4, -0.2) is 55.2 Å². The largest absolute Gasteiger partial charge is 0.378 e. The minimum absolute atomic E-state index is 0.0589. The Balaban J connectivity index is 2.61. The van der Waals surface area contributed by atoms with Crippen molar-refractivity contribution in [2.45, 2.75) is 45.3 Å². The minimum atomic E-state index is -0.173. The Labute approximate surface area is 104 Å². The molecule has 0 aromatic heterocycles. The molecule has 1 rings (SSSR count). The van der Waals surface area contributed by atoms with E-state index in [4.69, 9.17) is 10.5 Å². The van der Waals surface area contributed by atoms with Gasteiger partial charge < -0.3 is 15.8 Å². The lowest BCUT2D eigenvalue weighted by molar-refractivity contribution is -0.134. The molecule has 0 spiro atoms. The van der Waals surface area contributed by atoms with Crippen molar-refractivity contribution < 1.29 is 9.53 Å². The summed E-state index contributed by atoms with van der Waals surface area (Å²) >= 11 is 0. The number of morpholine rings is 1. The van der Waals surface area contributed by atoms with Crippen LogP contribution in [0, 0.1) is 0 Å². The quantitative estimate of drug-likeness (QED) is 0.710. The van der Waals surface area contributed by atoms with Crippen LogP contribution in [0.2, 0.25) is 0 Å². The maximum atomic E-state index is 12.1. The SMILES string of the molecule is CC(C)NC(=O)C1COCCN1C(C)CCN. The molecule has 0 radical (unpaired) electrons. The first-order valence-corrected chi connectivity index (χ1v) is 6.40. The van der Waals surface area contributed by atoms with Crippen LogP contribution in [0.1, 0.15) is 27.2 Å². The van der Waals surface area contributed by atoms with Gasteiger partial charge in [-0.25, -0.2) is 0 Å². The first-order valence-electron chi connectivity index (χ1n) is 6.40. The highest BCUT2D eigenvalue weighted by molar-refractivity contribution is 5.82. The van der Waals surface area contributed by atoms with Crippen LogP contribution in [0.25, 0.3) is 0 Å². The minimum Gasteiger partial charge on any atom is -0.378 e. The van der Waals surface area contributed by atoms with Gasteiger partial charge in [0, 0.05) is 18.6 Å². The lowest BCUT2D eigenvalue weighted by Crippen LogP contribution is -2.57. The molecule has 0 aliphatic carbocycles. The van der Waals surface area contributed by atoms with E-state index in [1.165, 1.54) is 0 Å². The summed E-state index contributed by atoms with van der Waals surface area (Å²) in [6, 6.07) is 0.315. The number of ether oxygens (including phenoxy) is 1. The van der Waals surface area contributed by atoms with Gasteiger partial charge in [0.15, 0.2) is 0 Å². The molecule has 5 nitrogen and oxygen atoms in total. The molecule has 0 aromatic carbocycles. The summed E-state index contributed by atoms with van der Waals surface area (Å²) in [5, 5.41) is 2.95. The normalized spacial score (nSPS) is 23.7. The van der Waals surface area contributed by atoms with Gasteiger partial charge >= 0.3 is 0 Å². The molecule has 17 heavy (non-hydrogen) atoms. The molecule has 1 heterocycles. The van der Waals surface area contributed by atoms with Crippen molar-refractivity contribution in [2.24, 2.45) is 5.73 Å². The number of carbonyl (C=O) groups excluding carboxylic acids is 1. The molecule has 2 unspecified atom stereocenters. The number of amides is 1. The van der Waals surface area contributed by atoms with Crippen molar-refractivity contribution in [1.82, 2.24) is 10.2 Å². The van der Waals surface area contributed by atoms with Gasteiger partial charge in [0.2, 0.25) is 5.91 Å². The standard InChI is InChI=1S/C12H25N3O2/c1-9(2)14-12(16)11-8-17-7-6-15(11)10(3)4-5-13/h9-11H,4-8,13H2,1-3H3,(H,14,16). The van der Waals surface area contributed by atoms with Crippen molar-refractivity contribution in [3.05, 3.63) is 0 Å². The van der Waals surface area contributed by atoms with Crippen molar-refractivity contribution in [1.29, 1.82) is 0 Å². The molecule has 1 fully saturated rings. The Morgan fingerprint density at radius 1 is 1.53 bits per heavy atom. The van der Waals surface area contributed by atoms with E-state index in [1.54, 1.807) is 0 Å². The van der Waals surface area contributed by atoms with Gasteiger partial charge in [-0.15, -0.1) is 0 Å². The Kier molecular flexibility index (Phi) is 5.88. The number of nitrogens with zero attached hydrogens (tertiary/aromatic N) is 1. The molecule has 0 saturated carbocycles. The van der Waals surface area contributed by atoms with Crippen LogP contribution in [0.15, 0.2) is 0 Å². The van der Waals surface area contributed by atoms with Crippen LogP contribution < -0.4 is 11.1 Å². The van der Waals surface area contributed by atoms with Crippen LogP contribution in [0.4, 0.5) is 0 Å². The fraction of sp³-hybridized carbons (Fsp3) is 0.917. The Morgan fingerprint density at radius 2 is 2.24 bits per heavy atom. The van der Waals surface area contributed by atoms with E-state index in [1.807, 2.05) is 13.8 Å². The first-order chi connectivity index (χ1) is 8.06. The molecule has 1 amide bonds. The van der Waals surface area contributed by atoms with Crippen LogP contribution >= 0.6 is 0 Å². The molecule has 1 saturated heterocycles. The lowest BCUT2D eigenvalue weighted by Gasteiger charge is -2.38. The number of hydrogen-bond donors (Lipinski definition) is 2. The summed E-state index contributed by atoms with van der Waals surface area (Å²) < 4.78 is 5.41. The maximum Gasteiger partial charge on any atom is 0.239 e. The van der Waals surface area contributed by atoms with Gasteiger partial charge in [0.1, 0.15) is 6.04 Å². The van der Waals surface area contributed by atoms with Crippen molar-refractivity contribution in [3.63, 3.8) is 0 Å². The highest BCUT2D eigenvalue weighted by atomic mass is 16.5. The third kappa shape index (κ3) is 4.26. The van der Waals surface area contributed by atoms with Gasteiger partial charge in [0.25, 0.3) is 0 Å². The van der Waals surface area contributed by atoms with Crippen LogP contribution in [0.3, 0.4) is 0 Å². The predicted molar refractivity (Wildman–Crippen MR) is 67.7 cm³/mol. The van der Waals surface area contributed by atoms with Crippen LogP contribution in [-0.2, 0) is 9.53 Å². The Bertz CT molecular complexity index is 246. The van der Waals surface area contributed by atoms with Crippen molar-refractivity contribution in [3.8, 4) is 0 Å². The van der Waals surface area contributed by atoms with Crippen LogP contribution in [0.5, 0.6) is 0 Å². The average molecular weight is 243 g/mol. The van der Waals surface area contributed by atoms with Crippen molar-refractivity contribution >= 4 is 5.91 Å². The summed E-state index contributed by atoms with van der Waals surface area (Å²) in [6.45, 7) is 8.68. The molecule has 0 aromatic rings. The number of nitrogens with two attached hydrogens (primary N) is 1. The highest BCUT2D eigenvalue weighted by Gasteiger charge is 2.32. The highest BCUT2D eigenvalue weighted by Crippen LogP contribution is 2.13. The van der Waals surface area contributed by atoms with Gasteiger partial charge in [-0.1, -0.05) is 0 Å². The fourth-order valence-electron chi connectivity index (χ4n) is 2.16. The molecule has 2 atom stereocenters. The number of nitrogens with one attached hydrogen (secondary N) is 1. The van der Waals surface area contributed by atoms with E-state index in [0.717, 1.165) is 13.0 Å². The number of rotatable bonds is 5. The monoisotopic (exact) mass is 243 g/mol. The second-order valence-corrected chi connectivity index (χ2v) is 4.92. The summed E-state index contributed by atoms with van der Waals surface area (Å²) in [4.78, 5) is 14.3. The smallest absolute Gasteiger partial charge is 0.239 e. The zero-order valence-electron chi connectivity index (χ0n) is 11.1. The van der Waals surface area contributed by atoms with Gasteiger partial charge in [-0.3, -0.25) is 9.69 Å². The molecular weight excluding hydrogens is 218 g/mol. The van der Waals surface area contributed by atoms with E-state index in [2.05, 4.69) is 17.1 Å². The molecular formula is C12H25N3O2. The molecule has 1 aliphatic heterocycles. The third-order valence-corrected chi connectivity index (χ3v) is 3.05. The Morgan fingerprint density at radius 3 is 2.82 bits per heavy atom. The molecule has 5 heteroatoms. The second kappa shape index (κ2) is 6.93. The number of carbonyl (C=O) groups is 1. The predicted octanol–water partition coefficient (Wildman–Crippen LogP) is -0.0509. The van der Waals surface area contributed by atoms with E-state index in [-0.39, 0.29) is 18.0 Å². The summed E-state index contributed by atoms with van der Waals surface area (Å²) in [5.74, 6) is 0.0589. The van der Waals surface area contributed by atoms with E-state index in [0.29, 0.717) is 25.8 Å². The molecule has 100 valence electrons. The molecule has 0 bridgehead atoms. The average Bonchev–Trinajstić information content (AvgIpc) is 2.28.